The van der Waals surface area contributed by atoms with Crippen molar-refractivity contribution in [3.8, 4) is 12.3 Å². The van der Waals surface area contributed by atoms with Crippen LogP contribution in [0.25, 0.3) is 5.65 Å². The van der Waals surface area contributed by atoms with Gasteiger partial charge in [0.15, 0.2) is 5.65 Å². The van der Waals surface area contributed by atoms with E-state index in [2.05, 4.69) is 32.3 Å². The highest BCUT2D eigenvalue weighted by atomic mass is 79.9. The average molecular weight is 468 g/mol. The van der Waals surface area contributed by atoms with Crippen molar-refractivity contribution in [3.05, 3.63) is 58.3 Å². The smallest absolute Gasteiger partial charge is 0.410 e. The number of nitrogens with zero attached hydrogens (tertiary/aromatic N) is 4. The largest absolute Gasteiger partial charge is 0.445 e. The fourth-order valence-corrected chi connectivity index (χ4v) is 4.00. The molecule has 1 aliphatic rings. The molecule has 3 aromatic rings. The first-order chi connectivity index (χ1) is 14.7. The van der Waals surface area contributed by atoms with E-state index in [0.717, 1.165) is 40.8 Å². The zero-order chi connectivity index (χ0) is 20.9. The van der Waals surface area contributed by atoms with E-state index in [1.165, 1.54) is 0 Å². The molecular formula is C22H22BrN5O2. The molecule has 0 bridgehead atoms. The number of aromatic nitrogens is 3. The van der Waals surface area contributed by atoms with E-state index in [1.54, 1.807) is 15.6 Å². The Morgan fingerprint density at radius 1 is 1.33 bits per heavy atom. The Hall–Kier alpha value is -3.05. The van der Waals surface area contributed by atoms with Gasteiger partial charge < -0.3 is 10.1 Å². The molecule has 3 heterocycles. The molecule has 1 fully saturated rings. The fraction of sp³-hybridized carbons (Fsp3) is 0.318. The van der Waals surface area contributed by atoms with E-state index >= 15 is 0 Å². The van der Waals surface area contributed by atoms with Crippen LogP contribution in [0.5, 0.6) is 0 Å². The second-order valence-electron chi connectivity index (χ2n) is 7.10. The standard InChI is InChI=1S/C22H22BrN5O2/c1-2-11-24-20-13-18(26-21-17(23)14-25-28(20)21)19-10-6-7-12-27(19)22(29)30-15-16-8-4-3-5-9-16/h1,3-5,8-9,13-14,19,24H,6-7,10-12,15H2. The summed E-state index contributed by atoms with van der Waals surface area (Å²) in [6.45, 7) is 1.25. The van der Waals surface area contributed by atoms with Gasteiger partial charge in [0.1, 0.15) is 12.4 Å². The van der Waals surface area contributed by atoms with Crippen LogP contribution in [-0.4, -0.2) is 38.7 Å². The van der Waals surface area contributed by atoms with Crippen LogP contribution in [0.2, 0.25) is 0 Å². The predicted molar refractivity (Wildman–Crippen MR) is 118 cm³/mol. The molecular weight excluding hydrogens is 446 g/mol. The zero-order valence-electron chi connectivity index (χ0n) is 16.4. The van der Waals surface area contributed by atoms with Gasteiger partial charge in [-0.3, -0.25) is 4.90 Å². The van der Waals surface area contributed by atoms with Gasteiger partial charge in [-0.05, 0) is 40.8 Å². The first-order valence-electron chi connectivity index (χ1n) is 9.86. The summed E-state index contributed by atoms with van der Waals surface area (Å²) < 4.78 is 8.08. The van der Waals surface area contributed by atoms with Gasteiger partial charge in [0.2, 0.25) is 0 Å². The molecule has 7 nitrogen and oxygen atoms in total. The molecule has 0 radical (unpaired) electrons. The lowest BCUT2D eigenvalue weighted by molar-refractivity contribution is 0.0669. The normalized spacial score (nSPS) is 16.3. The average Bonchev–Trinajstić information content (AvgIpc) is 3.17. The van der Waals surface area contributed by atoms with Crippen LogP contribution < -0.4 is 5.32 Å². The van der Waals surface area contributed by atoms with Crippen molar-refractivity contribution in [1.29, 1.82) is 0 Å². The highest BCUT2D eigenvalue weighted by Crippen LogP contribution is 2.33. The molecule has 1 N–H and O–H groups in total. The van der Waals surface area contributed by atoms with Crippen LogP contribution in [0.3, 0.4) is 0 Å². The molecule has 1 atom stereocenters. The van der Waals surface area contributed by atoms with Crippen molar-refractivity contribution in [1.82, 2.24) is 19.5 Å². The number of nitrogens with one attached hydrogen (secondary N) is 1. The Morgan fingerprint density at radius 2 is 2.17 bits per heavy atom. The number of anilines is 1. The molecule has 0 spiro atoms. The number of carbonyl (C=O) groups excluding carboxylic acids is 1. The minimum Gasteiger partial charge on any atom is -0.445 e. The molecule has 1 aromatic carbocycles. The van der Waals surface area contributed by atoms with Gasteiger partial charge in [0.05, 0.1) is 29.0 Å². The highest BCUT2D eigenvalue weighted by molar-refractivity contribution is 9.10. The number of likely N-dealkylation sites (tertiary alicyclic amines) is 1. The van der Waals surface area contributed by atoms with Gasteiger partial charge in [-0.2, -0.15) is 9.61 Å². The number of hydrogen-bond acceptors (Lipinski definition) is 5. The maximum absolute atomic E-state index is 12.9. The molecule has 0 saturated carbocycles. The van der Waals surface area contributed by atoms with Gasteiger partial charge >= 0.3 is 6.09 Å². The first kappa shape index (κ1) is 20.2. The summed E-state index contributed by atoms with van der Waals surface area (Å²) in [5, 5.41) is 7.54. The Morgan fingerprint density at radius 3 is 2.97 bits per heavy atom. The van der Waals surface area contributed by atoms with Crippen molar-refractivity contribution >= 4 is 33.5 Å². The van der Waals surface area contributed by atoms with Crippen LogP contribution >= 0.6 is 15.9 Å². The Bertz CT molecular complexity index is 1080. The summed E-state index contributed by atoms with van der Waals surface area (Å²) in [6.07, 6.45) is 9.57. The maximum atomic E-state index is 12.9. The topological polar surface area (TPSA) is 71.8 Å². The zero-order valence-corrected chi connectivity index (χ0v) is 18.0. The van der Waals surface area contributed by atoms with E-state index in [0.29, 0.717) is 18.7 Å². The summed E-state index contributed by atoms with van der Waals surface area (Å²) in [5.74, 6) is 3.31. The number of benzene rings is 1. The Kier molecular flexibility index (Phi) is 6.19. The summed E-state index contributed by atoms with van der Waals surface area (Å²) in [7, 11) is 0. The van der Waals surface area contributed by atoms with Crippen LogP contribution in [-0.2, 0) is 11.3 Å². The third-order valence-electron chi connectivity index (χ3n) is 5.10. The molecule has 1 aliphatic heterocycles. The van der Waals surface area contributed by atoms with Gasteiger partial charge in [-0.25, -0.2) is 9.78 Å². The molecule has 1 saturated heterocycles. The van der Waals surface area contributed by atoms with E-state index in [1.807, 2.05) is 36.4 Å². The summed E-state index contributed by atoms with van der Waals surface area (Å²) in [4.78, 5) is 19.5. The minimum atomic E-state index is -0.323. The lowest BCUT2D eigenvalue weighted by atomic mass is 9.99. The minimum absolute atomic E-state index is 0.166. The van der Waals surface area contributed by atoms with Crippen molar-refractivity contribution in [2.75, 3.05) is 18.4 Å². The van der Waals surface area contributed by atoms with Gasteiger partial charge in [0, 0.05) is 12.6 Å². The fourth-order valence-electron chi connectivity index (χ4n) is 3.65. The molecule has 154 valence electrons. The summed E-state index contributed by atoms with van der Waals surface area (Å²) in [5.41, 5.74) is 2.43. The lowest BCUT2D eigenvalue weighted by Gasteiger charge is -2.34. The second-order valence-corrected chi connectivity index (χ2v) is 7.95. The van der Waals surface area contributed by atoms with E-state index in [9.17, 15) is 4.79 Å². The van der Waals surface area contributed by atoms with Crippen molar-refractivity contribution in [3.63, 3.8) is 0 Å². The maximum Gasteiger partial charge on any atom is 0.410 e. The molecule has 8 heteroatoms. The van der Waals surface area contributed by atoms with Gasteiger partial charge in [0.25, 0.3) is 0 Å². The third kappa shape index (κ3) is 4.26. The SMILES string of the molecule is C#CCNc1cc(C2CCCCN2C(=O)OCc2ccccc2)nc2c(Br)cnn12. The quantitative estimate of drug-likeness (QED) is 0.562. The van der Waals surface area contributed by atoms with Gasteiger partial charge in [-0.1, -0.05) is 36.3 Å². The van der Waals surface area contributed by atoms with E-state index in [-0.39, 0.29) is 18.7 Å². The molecule has 30 heavy (non-hydrogen) atoms. The lowest BCUT2D eigenvalue weighted by Crippen LogP contribution is -2.39. The van der Waals surface area contributed by atoms with Crippen LogP contribution in [0.4, 0.5) is 10.6 Å². The van der Waals surface area contributed by atoms with Crippen molar-refractivity contribution in [2.45, 2.75) is 31.9 Å². The second kappa shape index (κ2) is 9.18. The molecule has 1 amide bonds. The molecule has 0 aliphatic carbocycles. The monoisotopic (exact) mass is 467 g/mol. The van der Waals surface area contributed by atoms with Crippen LogP contribution in [0, 0.1) is 12.3 Å². The van der Waals surface area contributed by atoms with Crippen LogP contribution in [0.15, 0.2) is 47.1 Å². The number of amides is 1. The molecule has 2 aromatic heterocycles. The van der Waals surface area contributed by atoms with Crippen molar-refractivity contribution in [2.24, 2.45) is 0 Å². The number of ether oxygens (including phenoxy) is 1. The van der Waals surface area contributed by atoms with Crippen molar-refractivity contribution < 1.29 is 9.53 Å². The first-order valence-corrected chi connectivity index (χ1v) is 10.7. The number of rotatable bonds is 5. The summed E-state index contributed by atoms with van der Waals surface area (Å²) >= 11 is 3.50. The Labute approximate surface area is 183 Å². The van der Waals surface area contributed by atoms with E-state index in [4.69, 9.17) is 16.1 Å². The number of fused-ring (bicyclic) bond motifs is 1. The number of piperidine rings is 1. The number of terminal acetylenes is 1. The number of hydrogen-bond donors (Lipinski definition) is 1. The molecule has 4 rings (SSSR count). The Balaban J connectivity index is 1.60. The van der Waals surface area contributed by atoms with Crippen LogP contribution in [0.1, 0.15) is 36.6 Å². The predicted octanol–water partition coefficient (Wildman–Crippen LogP) is 4.40. The van der Waals surface area contributed by atoms with Gasteiger partial charge in [-0.15, -0.1) is 6.42 Å². The number of carbonyl (C=O) groups is 1. The summed E-state index contributed by atoms with van der Waals surface area (Å²) in [6, 6.07) is 11.4. The third-order valence-corrected chi connectivity index (χ3v) is 5.66. The molecule has 1 unspecified atom stereocenters. The highest BCUT2D eigenvalue weighted by Gasteiger charge is 2.31. The number of halogens is 1. The van der Waals surface area contributed by atoms with E-state index < -0.39 is 0 Å².